The SMILES string of the molecule is CCC1N=C(Nc2cc(-c3ccccc3Cl)nc3ccccc23)C=C1C1CC1. The minimum Gasteiger partial charge on any atom is -0.340 e. The van der Waals surface area contributed by atoms with E-state index < -0.39 is 0 Å². The minimum atomic E-state index is 0.325. The molecule has 2 heterocycles. The Morgan fingerprint density at radius 2 is 1.86 bits per heavy atom. The highest BCUT2D eigenvalue weighted by Crippen LogP contribution is 2.41. The topological polar surface area (TPSA) is 37.3 Å². The number of para-hydroxylation sites is 1. The smallest absolute Gasteiger partial charge is 0.125 e. The number of anilines is 1. The molecule has 1 atom stereocenters. The predicted molar refractivity (Wildman–Crippen MR) is 118 cm³/mol. The molecule has 140 valence electrons. The maximum Gasteiger partial charge on any atom is 0.125 e. The number of hydrogen-bond donors (Lipinski definition) is 1. The van der Waals surface area contributed by atoms with Crippen molar-refractivity contribution in [2.45, 2.75) is 32.2 Å². The molecular weight excluding hydrogens is 366 g/mol. The monoisotopic (exact) mass is 387 g/mol. The first-order chi connectivity index (χ1) is 13.7. The highest BCUT2D eigenvalue weighted by atomic mass is 35.5. The van der Waals surface area contributed by atoms with Gasteiger partial charge in [-0.1, -0.05) is 54.9 Å². The number of pyridine rings is 1. The Balaban J connectivity index is 1.58. The van der Waals surface area contributed by atoms with Gasteiger partial charge in [0.15, 0.2) is 0 Å². The predicted octanol–water partition coefficient (Wildman–Crippen LogP) is 6.49. The van der Waals surface area contributed by atoms with Crippen LogP contribution in [0.15, 0.2) is 71.2 Å². The fourth-order valence-corrected chi connectivity index (χ4v) is 4.19. The summed E-state index contributed by atoms with van der Waals surface area (Å²) >= 11 is 6.44. The van der Waals surface area contributed by atoms with Crippen LogP contribution in [0.3, 0.4) is 0 Å². The molecule has 4 heteroatoms. The van der Waals surface area contributed by atoms with Gasteiger partial charge in [0.25, 0.3) is 0 Å². The van der Waals surface area contributed by atoms with Crippen LogP contribution in [0.5, 0.6) is 0 Å². The fourth-order valence-electron chi connectivity index (χ4n) is 3.96. The lowest BCUT2D eigenvalue weighted by Crippen LogP contribution is -2.09. The molecule has 1 N–H and O–H groups in total. The molecule has 28 heavy (non-hydrogen) atoms. The summed E-state index contributed by atoms with van der Waals surface area (Å²) in [7, 11) is 0. The molecule has 0 amide bonds. The largest absolute Gasteiger partial charge is 0.340 e. The average Bonchev–Trinajstić information content (AvgIpc) is 3.48. The molecule has 2 aromatic carbocycles. The zero-order valence-corrected chi connectivity index (χ0v) is 16.6. The van der Waals surface area contributed by atoms with Gasteiger partial charge >= 0.3 is 0 Å². The van der Waals surface area contributed by atoms with Gasteiger partial charge in [-0.15, -0.1) is 0 Å². The summed E-state index contributed by atoms with van der Waals surface area (Å²) in [6, 6.07) is 18.4. The number of fused-ring (bicyclic) bond motifs is 1. The van der Waals surface area contributed by atoms with Crippen molar-refractivity contribution in [1.82, 2.24) is 4.98 Å². The Kier molecular flexibility index (Phi) is 4.40. The first-order valence-corrected chi connectivity index (χ1v) is 10.3. The van der Waals surface area contributed by atoms with Crippen molar-refractivity contribution in [3.63, 3.8) is 0 Å². The minimum absolute atomic E-state index is 0.325. The first kappa shape index (κ1) is 17.4. The van der Waals surface area contributed by atoms with E-state index in [1.54, 1.807) is 0 Å². The van der Waals surface area contributed by atoms with Crippen molar-refractivity contribution in [1.29, 1.82) is 0 Å². The lowest BCUT2D eigenvalue weighted by molar-refractivity contribution is 0.709. The van der Waals surface area contributed by atoms with Gasteiger partial charge in [0, 0.05) is 16.0 Å². The molecule has 3 aromatic rings. The summed E-state index contributed by atoms with van der Waals surface area (Å²) in [5.41, 5.74) is 5.26. The van der Waals surface area contributed by atoms with Gasteiger partial charge in [0.2, 0.25) is 0 Å². The maximum atomic E-state index is 6.44. The van der Waals surface area contributed by atoms with Crippen molar-refractivity contribution in [3.8, 4) is 11.3 Å². The van der Waals surface area contributed by atoms with Gasteiger partial charge in [0.1, 0.15) is 5.84 Å². The highest BCUT2D eigenvalue weighted by molar-refractivity contribution is 6.33. The number of benzene rings is 2. The number of aliphatic imine (C=N–C) groups is 1. The van der Waals surface area contributed by atoms with Crippen molar-refractivity contribution in [3.05, 3.63) is 71.3 Å². The zero-order chi connectivity index (χ0) is 19.1. The third-order valence-electron chi connectivity index (χ3n) is 5.55. The number of rotatable bonds is 4. The molecule has 1 saturated carbocycles. The summed E-state index contributed by atoms with van der Waals surface area (Å²) in [4.78, 5) is 9.78. The number of nitrogens with one attached hydrogen (secondary N) is 1. The van der Waals surface area contributed by atoms with E-state index in [9.17, 15) is 0 Å². The van der Waals surface area contributed by atoms with Crippen molar-refractivity contribution < 1.29 is 0 Å². The van der Waals surface area contributed by atoms with E-state index >= 15 is 0 Å². The summed E-state index contributed by atoms with van der Waals surface area (Å²) in [5, 5.41) is 5.37. The molecule has 0 radical (unpaired) electrons. The van der Waals surface area contributed by atoms with Crippen LogP contribution >= 0.6 is 11.6 Å². The van der Waals surface area contributed by atoms with Crippen LogP contribution in [0.4, 0.5) is 5.69 Å². The third-order valence-corrected chi connectivity index (χ3v) is 5.88. The van der Waals surface area contributed by atoms with Crippen LogP contribution in [-0.2, 0) is 0 Å². The fraction of sp³-hybridized carbons (Fsp3) is 0.250. The van der Waals surface area contributed by atoms with Crippen LogP contribution in [0.2, 0.25) is 5.02 Å². The van der Waals surface area contributed by atoms with Crippen molar-refractivity contribution >= 4 is 34.0 Å². The molecule has 1 aliphatic carbocycles. The van der Waals surface area contributed by atoms with E-state index in [4.69, 9.17) is 21.6 Å². The third kappa shape index (κ3) is 3.20. The number of aromatic nitrogens is 1. The molecule has 1 aromatic heterocycles. The number of nitrogens with zero attached hydrogens (tertiary/aromatic N) is 2. The van der Waals surface area contributed by atoms with E-state index in [1.807, 2.05) is 42.5 Å². The van der Waals surface area contributed by atoms with Crippen molar-refractivity contribution in [2.75, 3.05) is 5.32 Å². The maximum absolute atomic E-state index is 6.44. The van der Waals surface area contributed by atoms with Gasteiger partial charge in [-0.25, -0.2) is 4.98 Å². The van der Waals surface area contributed by atoms with Gasteiger partial charge in [-0.3, -0.25) is 4.99 Å². The number of hydrogen-bond acceptors (Lipinski definition) is 3. The second-order valence-corrected chi connectivity index (χ2v) is 7.94. The molecule has 0 spiro atoms. The molecule has 2 aliphatic rings. The van der Waals surface area contributed by atoms with E-state index in [1.165, 1.54) is 18.4 Å². The molecule has 1 aliphatic heterocycles. The second kappa shape index (κ2) is 7.06. The molecule has 1 fully saturated rings. The number of amidine groups is 1. The Morgan fingerprint density at radius 1 is 1.07 bits per heavy atom. The van der Waals surface area contributed by atoms with Crippen molar-refractivity contribution in [2.24, 2.45) is 10.9 Å². The first-order valence-electron chi connectivity index (χ1n) is 9.94. The molecule has 0 bridgehead atoms. The van der Waals surface area contributed by atoms with Gasteiger partial charge in [-0.2, -0.15) is 0 Å². The molecular formula is C24H22ClN3. The second-order valence-electron chi connectivity index (χ2n) is 7.53. The number of halogens is 1. The summed E-state index contributed by atoms with van der Waals surface area (Å²) < 4.78 is 0. The highest BCUT2D eigenvalue weighted by Gasteiger charge is 2.33. The Bertz CT molecular complexity index is 1110. The normalized spacial score (nSPS) is 18.9. The van der Waals surface area contributed by atoms with E-state index in [0.29, 0.717) is 11.1 Å². The van der Waals surface area contributed by atoms with Gasteiger partial charge in [-0.05, 0) is 55.0 Å². The summed E-state index contributed by atoms with van der Waals surface area (Å²) in [5.74, 6) is 1.69. The summed E-state index contributed by atoms with van der Waals surface area (Å²) in [6.45, 7) is 2.21. The Hall–Kier alpha value is -2.65. The molecule has 1 unspecified atom stereocenters. The van der Waals surface area contributed by atoms with Crippen LogP contribution in [0.1, 0.15) is 26.2 Å². The molecule has 0 saturated heterocycles. The lowest BCUT2D eigenvalue weighted by atomic mass is 10.0. The Morgan fingerprint density at radius 3 is 2.64 bits per heavy atom. The quantitative estimate of drug-likeness (QED) is 0.555. The molecule has 3 nitrogen and oxygen atoms in total. The van der Waals surface area contributed by atoms with Crippen LogP contribution in [0, 0.1) is 5.92 Å². The molecule has 5 rings (SSSR count). The van der Waals surface area contributed by atoms with E-state index in [-0.39, 0.29) is 0 Å². The standard InChI is InChI=1S/C24H22ClN3/c1-2-20-18(15-11-12-15)13-24(27-20)28-23-14-22(16-7-3-5-9-19(16)25)26-21-10-6-4-8-17(21)23/h3-10,13-15,20H,2,11-12H2,1H3,(H,26,27,28). The van der Waals surface area contributed by atoms with Crippen LogP contribution in [-0.4, -0.2) is 16.9 Å². The zero-order valence-electron chi connectivity index (χ0n) is 15.8. The van der Waals surface area contributed by atoms with E-state index in [0.717, 1.165) is 46.0 Å². The van der Waals surface area contributed by atoms with Crippen LogP contribution in [0.25, 0.3) is 22.2 Å². The van der Waals surface area contributed by atoms with E-state index in [2.05, 4.69) is 30.4 Å². The Labute approximate surface area is 170 Å². The van der Waals surface area contributed by atoms with Crippen LogP contribution < -0.4 is 5.32 Å². The van der Waals surface area contributed by atoms with Gasteiger partial charge in [0.05, 0.1) is 22.9 Å². The average molecular weight is 388 g/mol. The van der Waals surface area contributed by atoms with Gasteiger partial charge < -0.3 is 5.32 Å². The lowest BCUT2D eigenvalue weighted by Gasteiger charge is -2.12. The summed E-state index contributed by atoms with van der Waals surface area (Å²) in [6.07, 6.45) is 5.92.